The van der Waals surface area contributed by atoms with Crippen LogP contribution in [0.3, 0.4) is 0 Å². The van der Waals surface area contributed by atoms with Gasteiger partial charge in [0.05, 0.1) is 25.8 Å². The third kappa shape index (κ3) is 4.50. The molecule has 3 rings (SSSR count). The summed E-state index contributed by atoms with van der Waals surface area (Å²) in [6.07, 6.45) is 0. The third-order valence-corrected chi connectivity index (χ3v) is 3.53. The smallest absolute Gasteiger partial charge is 0.328 e. The first-order chi connectivity index (χ1) is 13.5. The molecule has 0 atom stereocenters. The number of rotatable bonds is 6. The first-order valence-corrected chi connectivity index (χ1v) is 8.00. The van der Waals surface area contributed by atoms with E-state index >= 15 is 0 Å². The van der Waals surface area contributed by atoms with Gasteiger partial charge in [-0.25, -0.2) is 8.78 Å². The number of hydrogen-bond acceptors (Lipinski definition) is 6. The van der Waals surface area contributed by atoms with Crippen LogP contribution in [0.4, 0.5) is 14.5 Å². The van der Waals surface area contributed by atoms with Crippen molar-refractivity contribution in [3.05, 3.63) is 65.7 Å². The summed E-state index contributed by atoms with van der Waals surface area (Å²) in [4.78, 5) is 20.6. The highest BCUT2D eigenvalue weighted by Crippen LogP contribution is 2.27. The van der Waals surface area contributed by atoms with Gasteiger partial charge in [-0.05, 0) is 24.3 Å². The van der Waals surface area contributed by atoms with E-state index in [1.807, 2.05) is 0 Å². The van der Waals surface area contributed by atoms with Gasteiger partial charge in [-0.3, -0.25) is 4.79 Å². The molecule has 0 bridgehead atoms. The Morgan fingerprint density at radius 3 is 2.14 bits per heavy atom. The first kappa shape index (κ1) is 19.0. The number of ether oxygens (including phenoxy) is 3. The van der Waals surface area contributed by atoms with E-state index in [9.17, 15) is 13.6 Å². The van der Waals surface area contributed by atoms with Crippen molar-refractivity contribution in [3.63, 3.8) is 0 Å². The van der Waals surface area contributed by atoms with Gasteiger partial charge in [-0.2, -0.15) is 9.97 Å². The van der Waals surface area contributed by atoms with E-state index in [1.54, 1.807) is 12.1 Å². The van der Waals surface area contributed by atoms with Crippen LogP contribution in [0.2, 0.25) is 0 Å². The molecule has 9 heteroatoms. The molecule has 28 heavy (non-hydrogen) atoms. The Hall–Kier alpha value is -3.75. The summed E-state index contributed by atoms with van der Waals surface area (Å²) in [7, 11) is 2.84. The highest BCUT2D eigenvalue weighted by Gasteiger charge is 2.16. The molecule has 144 valence electrons. The Morgan fingerprint density at radius 2 is 1.54 bits per heavy atom. The second kappa shape index (κ2) is 8.30. The Kier molecular flexibility index (Phi) is 5.64. The average Bonchev–Trinajstić information content (AvgIpc) is 2.67. The highest BCUT2D eigenvalue weighted by molar-refractivity contribution is 6.06. The zero-order chi connectivity index (χ0) is 20.1. The van der Waals surface area contributed by atoms with Crippen LogP contribution in [0.1, 0.15) is 10.4 Å². The molecule has 0 unspecified atom stereocenters. The van der Waals surface area contributed by atoms with Gasteiger partial charge in [0.1, 0.15) is 17.4 Å². The van der Waals surface area contributed by atoms with Crippen LogP contribution in [-0.4, -0.2) is 30.1 Å². The van der Waals surface area contributed by atoms with E-state index in [0.29, 0.717) is 6.07 Å². The summed E-state index contributed by atoms with van der Waals surface area (Å²) in [6.45, 7) is 0. The van der Waals surface area contributed by atoms with Crippen molar-refractivity contribution in [1.82, 2.24) is 9.97 Å². The molecule has 0 aliphatic carbocycles. The maximum absolute atomic E-state index is 13.3. The summed E-state index contributed by atoms with van der Waals surface area (Å²) >= 11 is 0. The molecule has 0 spiro atoms. The Balaban J connectivity index is 1.88. The minimum absolute atomic E-state index is 0.0309. The molecule has 1 heterocycles. The van der Waals surface area contributed by atoms with Gasteiger partial charge in [-0.1, -0.05) is 12.1 Å². The number of halogens is 2. The lowest BCUT2D eigenvalue weighted by Crippen LogP contribution is -2.13. The van der Waals surface area contributed by atoms with E-state index in [1.165, 1.54) is 32.4 Å². The number of methoxy groups -OCH3 is 2. The van der Waals surface area contributed by atoms with Crippen LogP contribution < -0.4 is 19.5 Å². The number of anilines is 1. The van der Waals surface area contributed by atoms with Gasteiger partial charge in [0.25, 0.3) is 5.91 Å². The lowest BCUT2D eigenvalue weighted by Gasteiger charge is -2.11. The molecule has 1 N–H and O–H groups in total. The number of nitrogens with zero attached hydrogens (tertiary/aromatic N) is 2. The fraction of sp³-hybridized carbons (Fsp3) is 0.105. The molecular weight excluding hydrogens is 372 g/mol. The van der Waals surface area contributed by atoms with E-state index < -0.39 is 17.5 Å². The van der Waals surface area contributed by atoms with Crippen LogP contribution >= 0.6 is 0 Å². The third-order valence-electron chi connectivity index (χ3n) is 3.53. The van der Waals surface area contributed by atoms with Crippen molar-refractivity contribution >= 4 is 11.6 Å². The largest absolute Gasteiger partial charge is 0.481 e. The number of nitrogens with one attached hydrogen (secondary N) is 1. The van der Waals surface area contributed by atoms with Crippen molar-refractivity contribution in [1.29, 1.82) is 0 Å². The lowest BCUT2D eigenvalue weighted by molar-refractivity contribution is 0.102. The summed E-state index contributed by atoms with van der Waals surface area (Å²) < 4.78 is 42.4. The van der Waals surface area contributed by atoms with E-state index in [2.05, 4.69) is 15.3 Å². The van der Waals surface area contributed by atoms with Crippen molar-refractivity contribution < 1.29 is 27.8 Å². The maximum atomic E-state index is 13.3. The van der Waals surface area contributed by atoms with Crippen LogP contribution in [0.5, 0.6) is 23.5 Å². The Labute approximate surface area is 158 Å². The highest BCUT2D eigenvalue weighted by atomic mass is 19.1. The molecule has 0 aliphatic heterocycles. The number of carbonyl (C=O) groups is 1. The predicted molar refractivity (Wildman–Crippen MR) is 96.0 cm³/mol. The summed E-state index contributed by atoms with van der Waals surface area (Å²) in [5.41, 5.74) is 0.0779. The van der Waals surface area contributed by atoms with Crippen molar-refractivity contribution in [2.45, 2.75) is 0 Å². The minimum atomic E-state index is -0.809. The number of aromatic nitrogens is 2. The van der Waals surface area contributed by atoms with Crippen molar-refractivity contribution in [3.8, 4) is 23.5 Å². The Morgan fingerprint density at radius 1 is 0.929 bits per heavy atom. The van der Waals surface area contributed by atoms with Gasteiger partial charge < -0.3 is 19.5 Å². The molecule has 1 aromatic heterocycles. The predicted octanol–water partition coefficient (Wildman–Crippen LogP) is 3.82. The SMILES string of the molecule is COc1cc(OC)nc(Oc2ccccc2C(=O)Nc2cc(F)cc(F)c2)n1. The summed E-state index contributed by atoms with van der Waals surface area (Å²) in [6, 6.07) is 10.3. The van der Waals surface area contributed by atoms with Crippen LogP contribution in [0.25, 0.3) is 0 Å². The zero-order valence-corrected chi connectivity index (χ0v) is 14.9. The van der Waals surface area contributed by atoms with Gasteiger partial charge in [0, 0.05) is 11.8 Å². The minimum Gasteiger partial charge on any atom is -0.481 e. The molecular formula is C19H15F2N3O4. The van der Waals surface area contributed by atoms with Crippen LogP contribution in [0, 0.1) is 11.6 Å². The number of carbonyl (C=O) groups excluding carboxylic acids is 1. The molecule has 0 saturated heterocycles. The first-order valence-electron chi connectivity index (χ1n) is 8.00. The second-order valence-corrected chi connectivity index (χ2v) is 5.45. The van der Waals surface area contributed by atoms with Crippen LogP contribution in [0.15, 0.2) is 48.5 Å². The number of benzene rings is 2. The van der Waals surface area contributed by atoms with E-state index in [0.717, 1.165) is 12.1 Å². The fourth-order valence-electron chi connectivity index (χ4n) is 2.30. The normalized spacial score (nSPS) is 10.3. The van der Waals surface area contributed by atoms with Gasteiger partial charge in [0.2, 0.25) is 11.8 Å². The quantitative estimate of drug-likeness (QED) is 0.693. The van der Waals surface area contributed by atoms with E-state index in [-0.39, 0.29) is 34.8 Å². The molecule has 0 radical (unpaired) electrons. The van der Waals surface area contributed by atoms with Crippen molar-refractivity contribution in [2.75, 3.05) is 19.5 Å². The lowest BCUT2D eigenvalue weighted by atomic mass is 10.2. The fourth-order valence-corrected chi connectivity index (χ4v) is 2.30. The molecule has 2 aromatic carbocycles. The number of para-hydroxylation sites is 1. The molecule has 0 fully saturated rings. The zero-order valence-electron chi connectivity index (χ0n) is 14.9. The summed E-state index contributed by atoms with van der Waals surface area (Å²) in [5.74, 6) is -1.70. The monoisotopic (exact) mass is 387 g/mol. The van der Waals surface area contributed by atoms with Crippen molar-refractivity contribution in [2.24, 2.45) is 0 Å². The molecule has 0 saturated carbocycles. The molecule has 0 aliphatic rings. The Bertz CT molecular complexity index is 972. The van der Waals surface area contributed by atoms with E-state index in [4.69, 9.17) is 14.2 Å². The van der Waals surface area contributed by atoms with Gasteiger partial charge in [0.15, 0.2) is 0 Å². The van der Waals surface area contributed by atoms with Gasteiger partial charge >= 0.3 is 6.01 Å². The number of hydrogen-bond donors (Lipinski definition) is 1. The summed E-state index contributed by atoms with van der Waals surface area (Å²) in [5, 5.41) is 2.42. The molecule has 7 nitrogen and oxygen atoms in total. The second-order valence-electron chi connectivity index (χ2n) is 5.45. The average molecular weight is 387 g/mol. The standard InChI is InChI=1S/C19H15F2N3O4/c1-26-16-10-17(27-2)24-19(23-16)28-15-6-4-3-5-14(15)18(25)22-13-8-11(20)7-12(21)9-13/h3-10H,1-2H3,(H,22,25). The topological polar surface area (TPSA) is 82.6 Å². The molecule has 1 amide bonds. The maximum Gasteiger partial charge on any atom is 0.328 e. The molecule has 3 aromatic rings. The van der Waals surface area contributed by atoms with Gasteiger partial charge in [-0.15, -0.1) is 0 Å². The number of amides is 1. The van der Waals surface area contributed by atoms with Crippen LogP contribution in [-0.2, 0) is 0 Å².